The van der Waals surface area contributed by atoms with Gasteiger partial charge in [-0.3, -0.25) is 4.79 Å². The van der Waals surface area contributed by atoms with Crippen molar-refractivity contribution in [2.24, 2.45) is 5.92 Å². The van der Waals surface area contributed by atoms with Crippen LogP contribution in [0.3, 0.4) is 0 Å². The average Bonchev–Trinajstić information content (AvgIpc) is 3.04. The first-order valence-corrected chi connectivity index (χ1v) is 9.68. The lowest BCUT2D eigenvalue weighted by molar-refractivity contribution is 0.0479. The number of ether oxygens (including phenoxy) is 1. The lowest BCUT2D eigenvalue weighted by atomic mass is 9.87. The fourth-order valence-electron chi connectivity index (χ4n) is 3.36. The Labute approximate surface area is 153 Å². The van der Waals surface area contributed by atoms with Gasteiger partial charge in [-0.05, 0) is 62.3 Å². The summed E-state index contributed by atoms with van der Waals surface area (Å²) in [6.45, 7) is 5.85. The fraction of sp³-hybridized carbons (Fsp3) is 0.429. The molecule has 132 valence electrons. The van der Waals surface area contributed by atoms with Crippen molar-refractivity contribution < 1.29 is 14.3 Å². The van der Waals surface area contributed by atoms with Gasteiger partial charge in [0.2, 0.25) is 5.78 Å². The maximum atomic E-state index is 12.4. The topological polar surface area (TPSA) is 43.4 Å². The molecule has 0 saturated heterocycles. The normalized spacial score (nSPS) is 16.4. The number of thiophene rings is 1. The monoisotopic (exact) mass is 356 g/mol. The van der Waals surface area contributed by atoms with Gasteiger partial charge in [0.25, 0.3) is 0 Å². The molecule has 3 rings (SSSR count). The number of hydrogen-bond donors (Lipinski definition) is 0. The molecule has 1 aromatic carbocycles. The average molecular weight is 356 g/mol. The third-order valence-corrected chi connectivity index (χ3v) is 6.21. The molecular formula is C21H24O3S. The summed E-state index contributed by atoms with van der Waals surface area (Å²) < 4.78 is 5.29. The van der Waals surface area contributed by atoms with Crippen molar-refractivity contribution in [2.45, 2.75) is 46.5 Å². The van der Waals surface area contributed by atoms with E-state index in [0.717, 1.165) is 29.9 Å². The van der Waals surface area contributed by atoms with Crippen LogP contribution in [0.5, 0.6) is 0 Å². The molecule has 4 heteroatoms. The van der Waals surface area contributed by atoms with Crippen LogP contribution in [0.25, 0.3) is 0 Å². The van der Waals surface area contributed by atoms with E-state index in [9.17, 15) is 9.59 Å². The zero-order valence-corrected chi connectivity index (χ0v) is 15.9. The Morgan fingerprint density at radius 3 is 2.80 bits per heavy atom. The minimum Gasteiger partial charge on any atom is -0.453 e. The largest absolute Gasteiger partial charge is 0.453 e. The second-order valence-electron chi connectivity index (χ2n) is 6.89. The van der Waals surface area contributed by atoms with E-state index in [1.165, 1.54) is 34.6 Å². The lowest BCUT2D eigenvalue weighted by Crippen LogP contribution is -2.14. The Morgan fingerprint density at radius 1 is 1.24 bits per heavy atom. The summed E-state index contributed by atoms with van der Waals surface area (Å²) in [6.07, 6.45) is 4.48. The molecule has 0 radical (unpaired) electrons. The second-order valence-corrected chi connectivity index (χ2v) is 8.03. The van der Waals surface area contributed by atoms with E-state index in [1.54, 1.807) is 0 Å². The molecule has 1 aromatic heterocycles. The number of hydrogen-bond acceptors (Lipinski definition) is 4. The molecule has 0 saturated carbocycles. The van der Waals surface area contributed by atoms with Crippen molar-refractivity contribution in [1.29, 1.82) is 0 Å². The lowest BCUT2D eigenvalue weighted by Gasteiger charge is -2.19. The Bertz CT molecular complexity index is 803. The molecule has 0 aliphatic heterocycles. The molecule has 1 aliphatic rings. The number of fused-ring (bicyclic) bond motifs is 1. The molecule has 3 nitrogen and oxygen atoms in total. The second kappa shape index (κ2) is 7.52. The SMILES string of the molecule is CC[C@@H]1CCc2sc(C(=O)OCC(=O)c3cc(C)ccc3C)cc2C1. The highest BCUT2D eigenvalue weighted by atomic mass is 32.1. The molecule has 0 bridgehead atoms. The zero-order chi connectivity index (χ0) is 18.0. The van der Waals surface area contributed by atoms with E-state index in [4.69, 9.17) is 4.74 Å². The summed E-state index contributed by atoms with van der Waals surface area (Å²) in [5.74, 6) is 0.185. The smallest absolute Gasteiger partial charge is 0.348 e. The van der Waals surface area contributed by atoms with Crippen molar-refractivity contribution in [3.63, 3.8) is 0 Å². The molecule has 0 spiro atoms. The maximum absolute atomic E-state index is 12.4. The molecule has 0 N–H and O–H groups in total. The van der Waals surface area contributed by atoms with Gasteiger partial charge in [0.05, 0.1) is 0 Å². The summed E-state index contributed by atoms with van der Waals surface area (Å²) in [6, 6.07) is 7.70. The van der Waals surface area contributed by atoms with Crippen LogP contribution >= 0.6 is 11.3 Å². The minimum absolute atomic E-state index is 0.151. The molecule has 1 atom stereocenters. The van der Waals surface area contributed by atoms with Crippen LogP contribution in [0, 0.1) is 19.8 Å². The van der Waals surface area contributed by atoms with Crippen molar-refractivity contribution in [1.82, 2.24) is 0 Å². The number of ketones is 1. The van der Waals surface area contributed by atoms with Crippen molar-refractivity contribution in [3.05, 3.63) is 56.3 Å². The van der Waals surface area contributed by atoms with Gasteiger partial charge in [-0.25, -0.2) is 4.79 Å². The van der Waals surface area contributed by atoms with Crippen LogP contribution < -0.4 is 0 Å². The van der Waals surface area contributed by atoms with Gasteiger partial charge in [-0.1, -0.05) is 31.0 Å². The van der Waals surface area contributed by atoms with Crippen LogP contribution in [0.15, 0.2) is 24.3 Å². The third kappa shape index (κ3) is 4.01. The Balaban J connectivity index is 1.64. The first-order chi connectivity index (χ1) is 12.0. The minimum atomic E-state index is -0.383. The highest BCUT2D eigenvalue weighted by molar-refractivity contribution is 7.14. The highest BCUT2D eigenvalue weighted by Gasteiger charge is 2.23. The number of carbonyl (C=O) groups excluding carboxylic acids is 2. The van der Waals surface area contributed by atoms with Crippen molar-refractivity contribution in [3.8, 4) is 0 Å². The quantitative estimate of drug-likeness (QED) is 0.564. The van der Waals surface area contributed by atoms with Gasteiger partial charge >= 0.3 is 5.97 Å². The molecule has 25 heavy (non-hydrogen) atoms. The van der Waals surface area contributed by atoms with Gasteiger partial charge in [0.1, 0.15) is 4.88 Å². The molecule has 0 fully saturated rings. The number of aryl methyl sites for hydroxylation is 3. The number of rotatable bonds is 5. The summed E-state index contributed by atoms with van der Waals surface area (Å²) >= 11 is 1.52. The first kappa shape index (κ1) is 17.9. The maximum Gasteiger partial charge on any atom is 0.348 e. The summed E-state index contributed by atoms with van der Waals surface area (Å²) in [4.78, 5) is 26.6. The van der Waals surface area contributed by atoms with E-state index < -0.39 is 0 Å². The van der Waals surface area contributed by atoms with Crippen LogP contribution in [0.1, 0.15) is 61.4 Å². The molecule has 1 heterocycles. The summed E-state index contributed by atoms with van der Waals surface area (Å²) in [7, 11) is 0. The number of benzene rings is 1. The standard InChI is InChI=1S/C21H24O3S/c1-4-15-7-8-19-16(10-15)11-20(25-19)21(23)24-12-18(22)17-9-13(2)5-6-14(17)3/h5-6,9,11,15H,4,7-8,10,12H2,1-3H3/t15-/m1/s1. The first-order valence-electron chi connectivity index (χ1n) is 8.87. The van der Waals surface area contributed by atoms with Crippen molar-refractivity contribution in [2.75, 3.05) is 6.61 Å². The predicted molar refractivity (Wildman–Crippen MR) is 101 cm³/mol. The molecule has 1 aliphatic carbocycles. The summed E-state index contributed by atoms with van der Waals surface area (Å²) in [5.41, 5.74) is 3.85. The molecular weight excluding hydrogens is 332 g/mol. The molecule has 0 amide bonds. The van der Waals surface area contributed by atoms with Crippen LogP contribution in [0.2, 0.25) is 0 Å². The Kier molecular flexibility index (Phi) is 5.38. The van der Waals surface area contributed by atoms with Gasteiger partial charge in [-0.2, -0.15) is 0 Å². The van der Waals surface area contributed by atoms with E-state index in [0.29, 0.717) is 10.4 Å². The summed E-state index contributed by atoms with van der Waals surface area (Å²) in [5, 5.41) is 0. The van der Waals surface area contributed by atoms with Crippen LogP contribution in [-0.2, 0) is 17.6 Å². The predicted octanol–water partition coefficient (Wildman–Crippen LogP) is 4.92. The van der Waals surface area contributed by atoms with Crippen LogP contribution in [0.4, 0.5) is 0 Å². The Morgan fingerprint density at radius 2 is 2.04 bits per heavy atom. The number of carbonyl (C=O) groups is 2. The molecule has 2 aromatic rings. The third-order valence-electron chi connectivity index (χ3n) is 4.99. The van der Waals surface area contributed by atoms with Gasteiger partial charge in [-0.15, -0.1) is 11.3 Å². The number of esters is 1. The Hall–Kier alpha value is -1.94. The number of Topliss-reactive ketones (excluding diaryl/α,β-unsaturated/α-hetero) is 1. The van der Waals surface area contributed by atoms with Crippen molar-refractivity contribution >= 4 is 23.1 Å². The fourth-order valence-corrected chi connectivity index (χ4v) is 4.47. The van der Waals surface area contributed by atoms with E-state index in [2.05, 4.69) is 6.92 Å². The zero-order valence-electron chi connectivity index (χ0n) is 15.1. The van der Waals surface area contributed by atoms with Gasteiger partial charge in [0.15, 0.2) is 6.61 Å². The van der Waals surface area contributed by atoms with Gasteiger partial charge in [0, 0.05) is 10.4 Å². The van der Waals surface area contributed by atoms with Crippen LogP contribution in [-0.4, -0.2) is 18.4 Å². The molecule has 0 unspecified atom stereocenters. The van der Waals surface area contributed by atoms with E-state index >= 15 is 0 Å². The van der Waals surface area contributed by atoms with Gasteiger partial charge < -0.3 is 4.74 Å². The highest BCUT2D eigenvalue weighted by Crippen LogP contribution is 2.33. The van der Waals surface area contributed by atoms with E-state index in [-0.39, 0.29) is 18.4 Å². The van der Waals surface area contributed by atoms with E-state index in [1.807, 2.05) is 38.1 Å².